The van der Waals surface area contributed by atoms with Crippen LogP contribution in [0.25, 0.3) is 28.0 Å². The fourth-order valence-corrected chi connectivity index (χ4v) is 7.45. The molecule has 9 nitrogen and oxygen atoms in total. The number of methoxy groups -OCH3 is 2. The summed E-state index contributed by atoms with van der Waals surface area (Å²) < 4.78 is 30.3. The third-order valence-electron chi connectivity index (χ3n) is 9.48. The third kappa shape index (κ3) is 4.32. The number of rotatable bonds is 6. The van der Waals surface area contributed by atoms with E-state index in [1.165, 1.54) is 0 Å². The minimum absolute atomic E-state index is 0.315. The van der Waals surface area contributed by atoms with E-state index >= 15 is 0 Å². The van der Waals surface area contributed by atoms with Crippen LogP contribution in [0.1, 0.15) is 40.3 Å². The van der Waals surface area contributed by atoms with Crippen molar-refractivity contribution in [3.05, 3.63) is 118 Å². The van der Waals surface area contributed by atoms with Crippen molar-refractivity contribution in [1.29, 1.82) is 0 Å². The third-order valence-corrected chi connectivity index (χ3v) is 9.48. The number of hydrogen-bond acceptors (Lipinski definition) is 9. The van der Waals surface area contributed by atoms with E-state index in [1.807, 2.05) is 91.9 Å². The summed E-state index contributed by atoms with van der Waals surface area (Å²) in [5.41, 5.74) is 22.4. The zero-order valence-corrected chi connectivity index (χ0v) is 26.3. The van der Waals surface area contributed by atoms with Gasteiger partial charge in [0.15, 0.2) is 17.1 Å². The highest BCUT2D eigenvalue weighted by Crippen LogP contribution is 2.60. The summed E-state index contributed by atoms with van der Waals surface area (Å²) in [6.45, 7) is 2.27. The fourth-order valence-electron chi connectivity index (χ4n) is 7.45. The van der Waals surface area contributed by atoms with Crippen molar-refractivity contribution in [2.45, 2.75) is 30.5 Å². The first kappa shape index (κ1) is 29.3. The molecule has 3 aliphatic rings. The summed E-state index contributed by atoms with van der Waals surface area (Å²) in [4.78, 5) is 0. The number of ether oxygens (including phenoxy) is 5. The van der Waals surface area contributed by atoms with Gasteiger partial charge in [-0.25, -0.2) is 0 Å². The topological polar surface area (TPSA) is 144 Å². The summed E-state index contributed by atoms with van der Waals surface area (Å²) in [6.07, 6.45) is 4.70. The molecular formula is C38H35N3O6. The van der Waals surface area contributed by atoms with Gasteiger partial charge in [0.2, 0.25) is 0 Å². The molecule has 1 atom stereocenters. The lowest BCUT2D eigenvalue weighted by Gasteiger charge is -2.38. The zero-order chi connectivity index (χ0) is 32.7. The molecule has 0 aromatic heterocycles. The van der Waals surface area contributed by atoms with Crippen LogP contribution in [0.5, 0.6) is 28.7 Å². The van der Waals surface area contributed by atoms with Crippen molar-refractivity contribution < 1.29 is 28.8 Å². The van der Waals surface area contributed by atoms with Crippen LogP contribution in [-0.2, 0) is 17.6 Å². The maximum atomic E-state index is 12.3. The molecule has 238 valence electrons. The zero-order valence-electron chi connectivity index (χ0n) is 26.3. The lowest BCUT2D eigenvalue weighted by Crippen LogP contribution is -2.62. The minimum Gasteiger partial charge on any atom is -0.497 e. The molecule has 8 rings (SSSR count). The largest absolute Gasteiger partial charge is 0.497 e. The highest BCUT2D eigenvalue weighted by molar-refractivity contribution is 6.11. The second-order valence-corrected chi connectivity index (χ2v) is 12.4. The molecule has 9 heteroatoms. The Morgan fingerprint density at radius 2 is 1.49 bits per heavy atom. The predicted molar refractivity (Wildman–Crippen MR) is 180 cm³/mol. The second-order valence-electron chi connectivity index (χ2n) is 12.4. The van der Waals surface area contributed by atoms with Crippen molar-refractivity contribution in [3.8, 4) is 39.9 Å². The number of benzene rings is 5. The van der Waals surface area contributed by atoms with Gasteiger partial charge in [-0.05, 0) is 60.0 Å². The molecule has 0 fully saturated rings. The van der Waals surface area contributed by atoms with Crippen molar-refractivity contribution in [2.75, 3.05) is 20.8 Å². The van der Waals surface area contributed by atoms with Gasteiger partial charge in [-0.2, -0.15) is 0 Å². The molecule has 0 radical (unpaired) electrons. The van der Waals surface area contributed by atoms with Crippen molar-refractivity contribution >= 4 is 16.8 Å². The van der Waals surface area contributed by atoms with Crippen molar-refractivity contribution in [2.24, 2.45) is 17.2 Å². The Morgan fingerprint density at radius 3 is 2.11 bits per heavy atom. The molecule has 2 aliphatic heterocycles. The standard InChI is InChI=1S/C38H35N3O6/c1-36(42)29-7-5-4-6-25(29)32-31-26-17-19-45-35(26)30(46-38(39,40)41)20-28(31)34-27(33(32)36)16-18-37(47-34,21-8-12-23(43-2)13-9-21)22-10-14-24(44-3)15-11-22/h4-16,18,20,42H,17,19,39-41H2,1-3H3. The molecular weight excluding hydrogens is 594 g/mol. The van der Waals surface area contributed by atoms with Crippen LogP contribution in [0.3, 0.4) is 0 Å². The van der Waals surface area contributed by atoms with E-state index in [0.717, 1.165) is 66.8 Å². The number of nitrogens with two attached hydrogens (primary N) is 3. The molecule has 0 saturated carbocycles. The Hall–Kier alpha value is -5.06. The molecule has 0 saturated heterocycles. The van der Waals surface area contributed by atoms with Gasteiger partial charge in [-0.15, -0.1) is 0 Å². The molecule has 0 bridgehead atoms. The first-order chi connectivity index (χ1) is 22.6. The van der Waals surface area contributed by atoms with Crippen LogP contribution < -0.4 is 40.9 Å². The quantitative estimate of drug-likeness (QED) is 0.185. The van der Waals surface area contributed by atoms with E-state index in [4.69, 9.17) is 40.9 Å². The van der Waals surface area contributed by atoms with E-state index < -0.39 is 17.2 Å². The minimum atomic E-state index is -1.95. The van der Waals surface area contributed by atoms with Gasteiger partial charge < -0.3 is 28.8 Å². The van der Waals surface area contributed by atoms with E-state index in [-0.39, 0.29) is 0 Å². The predicted octanol–water partition coefficient (Wildman–Crippen LogP) is 5.24. The average Bonchev–Trinajstić information content (AvgIpc) is 3.66. The molecule has 1 aliphatic carbocycles. The molecule has 7 N–H and O–H groups in total. The molecule has 0 amide bonds. The van der Waals surface area contributed by atoms with Crippen molar-refractivity contribution in [1.82, 2.24) is 0 Å². The van der Waals surface area contributed by atoms with Gasteiger partial charge >= 0.3 is 0 Å². The van der Waals surface area contributed by atoms with Crippen LogP contribution in [0.15, 0.2) is 84.9 Å². The van der Waals surface area contributed by atoms with Crippen LogP contribution in [0, 0.1) is 0 Å². The smallest absolute Gasteiger partial charge is 0.271 e. The number of hydrogen-bond donors (Lipinski definition) is 4. The van der Waals surface area contributed by atoms with Crippen LogP contribution >= 0.6 is 0 Å². The van der Waals surface area contributed by atoms with Gasteiger partial charge in [0.25, 0.3) is 5.97 Å². The lowest BCUT2D eigenvalue weighted by molar-refractivity contribution is 0.0861. The Kier molecular flexibility index (Phi) is 6.38. The Bertz CT molecular complexity index is 2050. The normalized spacial score (nSPS) is 18.4. The maximum absolute atomic E-state index is 12.3. The van der Waals surface area contributed by atoms with Crippen molar-refractivity contribution in [3.63, 3.8) is 0 Å². The van der Waals surface area contributed by atoms with Gasteiger partial charge in [0.05, 0.1) is 20.8 Å². The van der Waals surface area contributed by atoms with Gasteiger partial charge in [0, 0.05) is 45.0 Å². The first-order valence-corrected chi connectivity index (χ1v) is 15.4. The van der Waals surface area contributed by atoms with E-state index in [9.17, 15) is 5.11 Å². The van der Waals surface area contributed by atoms with E-state index in [2.05, 4.69) is 6.08 Å². The van der Waals surface area contributed by atoms with E-state index in [0.29, 0.717) is 30.3 Å². The number of aliphatic hydroxyl groups is 1. The maximum Gasteiger partial charge on any atom is 0.271 e. The van der Waals surface area contributed by atoms with Crippen LogP contribution in [0.4, 0.5) is 0 Å². The summed E-state index contributed by atoms with van der Waals surface area (Å²) in [5, 5.41) is 14.0. The Balaban J connectivity index is 1.48. The monoisotopic (exact) mass is 629 g/mol. The molecule has 47 heavy (non-hydrogen) atoms. The molecule has 5 aromatic carbocycles. The summed E-state index contributed by atoms with van der Waals surface area (Å²) in [6, 6.07) is 25.4. The van der Waals surface area contributed by atoms with Gasteiger partial charge in [0.1, 0.15) is 22.8 Å². The highest BCUT2D eigenvalue weighted by Gasteiger charge is 2.46. The lowest BCUT2D eigenvalue weighted by atomic mass is 9.80. The Morgan fingerprint density at radius 1 is 0.851 bits per heavy atom. The highest BCUT2D eigenvalue weighted by atomic mass is 16.6. The molecule has 0 spiro atoms. The Labute approximate surface area is 272 Å². The summed E-state index contributed by atoms with van der Waals surface area (Å²) >= 11 is 0. The van der Waals surface area contributed by atoms with E-state index in [1.54, 1.807) is 14.2 Å². The fraction of sp³-hybridized carbons (Fsp3) is 0.211. The average molecular weight is 630 g/mol. The molecule has 5 aromatic rings. The summed E-state index contributed by atoms with van der Waals surface area (Å²) in [5.74, 6) is 0.908. The number of fused-ring (bicyclic) bond motifs is 10. The SMILES string of the molecule is COc1ccc(C2(c3ccc(OC)cc3)C=Cc3c4c(c5c6c(c(OC(N)(N)N)cc5c3O2)OCC6)-c2ccccc2C4(C)O)cc1. The summed E-state index contributed by atoms with van der Waals surface area (Å²) in [7, 11) is 3.28. The van der Waals surface area contributed by atoms with Crippen LogP contribution in [0.2, 0.25) is 0 Å². The second kappa shape index (κ2) is 10.2. The molecule has 2 heterocycles. The van der Waals surface area contributed by atoms with Gasteiger partial charge in [-0.3, -0.25) is 17.2 Å². The van der Waals surface area contributed by atoms with Gasteiger partial charge in [-0.1, -0.05) is 54.6 Å². The first-order valence-electron chi connectivity index (χ1n) is 15.4. The van der Waals surface area contributed by atoms with Crippen LogP contribution in [-0.4, -0.2) is 31.9 Å². The molecule has 1 unspecified atom stereocenters.